The second-order valence-corrected chi connectivity index (χ2v) is 9.69. The Morgan fingerprint density at radius 1 is 0.778 bits per heavy atom. The molecule has 0 aliphatic rings. The minimum Gasteiger partial charge on any atom is -0.506 e. The Morgan fingerprint density at radius 2 is 1.11 bits per heavy atom. The molecule has 0 aliphatic heterocycles. The third-order valence-electron chi connectivity index (χ3n) is 4.26. The van der Waals surface area contributed by atoms with E-state index in [1.54, 1.807) is 0 Å². The van der Waals surface area contributed by atoms with Crippen molar-refractivity contribution in [3.63, 3.8) is 0 Å². The molecule has 0 fully saturated rings. The minimum atomic E-state index is -3.92. The third kappa shape index (κ3) is 4.47. The van der Waals surface area contributed by atoms with Crippen molar-refractivity contribution in [1.29, 1.82) is 0 Å². The monoisotopic (exact) mass is 392 g/mol. The molecule has 2 aromatic carbocycles. The van der Waals surface area contributed by atoms with Gasteiger partial charge in [0.05, 0.1) is 21.2 Å². The van der Waals surface area contributed by atoms with Gasteiger partial charge in [0.25, 0.3) is 0 Å². The van der Waals surface area contributed by atoms with Crippen molar-refractivity contribution in [3.8, 4) is 11.5 Å². The lowest BCUT2D eigenvalue weighted by Gasteiger charge is -2.15. The van der Waals surface area contributed by atoms with Crippen LogP contribution in [0.2, 0.25) is 0 Å². The van der Waals surface area contributed by atoms with Crippen LogP contribution in [0.25, 0.3) is 0 Å². The van der Waals surface area contributed by atoms with Gasteiger partial charge >= 0.3 is 0 Å². The number of rotatable bonds is 6. The highest BCUT2D eigenvalue weighted by Gasteiger charge is 2.24. The lowest BCUT2D eigenvalue weighted by Crippen LogP contribution is -2.08. The van der Waals surface area contributed by atoms with Crippen molar-refractivity contribution < 1.29 is 18.6 Å². The zero-order valence-corrected chi connectivity index (χ0v) is 17.0. The highest BCUT2D eigenvalue weighted by molar-refractivity contribution is 7.91. The van der Waals surface area contributed by atoms with E-state index in [0.717, 1.165) is 0 Å². The van der Waals surface area contributed by atoms with Crippen molar-refractivity contribution in [2.75, 3.05) is 11.5 Å². The molecule has 0 amide bonds. The number of phenolic OH excluding ortho intramolecular Hbond substituents is 2. The summed E-state index contributed by atoms with van der Waals surface area (Å²) in [6.45, 7) is 7.87. The molecule has 27 heavy (non-hydrogen) atoms. The molecular formula is C20H28N2O4S. The molecule has 0 bridgehead atoms. The van der Waals surface area contributed by atoms with Crippen LogP contribution in [0.1, 0.15) is 38.8 Å². The summed E-state index contributed by atoms with van der Waals surface area (Å²) in [5.74, 6) is 0.257. The van der Waals surface area contributed by atoms with Gasteiger partial charge in [0.1, 0.15) is 11.5 Å². The number of nitrogens with two attached hydrogens (primary N) is 2. The summed E-state index contributed by atoms with van der Waals surface area (Å²) in [6.07, 6.45) is 0.991. The second-order valence-electron chi connectivity index (χ2n) is 7.74. The van der Waals surface area contributed by atoms with Crippen molar-refractivity contribution >= 4 is 21.2 Å². The number of aromatic hydroxyl groups is 2. The van der Waals surface area contributed by atoms with E-state index in [9.17, 15) is 18.6 Å². The normalized spacial score (nSPS) is 12.1. The highest BCUT2D eigenvalue weighted by Crippen LogP contribution is 2.36. The van der Waals surface area contributed by atoms with Gasteiger partial charge in [-0.15, -0.1) is 0 Å². The predicted octanol–water partition coefficient (Wildman–Crippen LogP) is 3.49. The Kier molecular flexibility index (Phi) is 5.94. The fourth-order valence-corrected chi connectivity index (χ4v) is 4.45. The van der Waals surface area contributed by atoms with E-state index < -0.39 is 9.84 Å². The lowest BCUT2D eigenvalue weighted by molar-refractivity contribution is 0.464. The van der Waals surface area contributed by atoms with E-state index >= 15 is 0 Å². The third-order valence-corrected chi connectivity index (χ3v) is 5.97. The van der Waals surface area contributed by atoms with Crippen molar-refractivity contribution in [2.24, 2.45) is 11.8 Å². The van der Waals surface area contributed by atoms with E-state index in [4.69, 9.17) is 11.5 Å². The van der Waals surface area contributed by atoms with Gasteiger partial charge in [0.15, 0.2) is 0 Å². The Balaban J connectivity index is 2.62. The van der Waals surface area contributed by atoms with Crippen LogP contribution in [0.5, 0.6) is 11.5 Å². The van der Waals surface area contributed by atoms with Crippen LogP contribution < -0.4 is 11.5 Å². The molecule has 6 nitrogen and oxygen atoms in total. The van der Waals surface area contributed by atoms with E-state index in [2.05, 4.69) is 0 Å². The second kappa shape index (κ2) is 7.68. The Morgan fingerprint density at radius 3 is 1.41 bits per heavy atom. The Hall–Kier alpha value is -2.41. The zero-order valence-electron chi connectivity index (χ0n) is 16.2. The van der Waals surface area contributed by atoms with Gasteiger partial charge in [-0.2, -0.15) is 0 Å². The topological polar surface area (TPSA) is 127 Å². The average Bonchev–Trinajstić information content (AvgIpc) is 2.54. The Labute approximate surface area is 160 Å². The van der Waals surface area contributed by atoms with E-state index in [-0.39, 0.29) is 44.5 Å². The summed E-state index contributed by atoms with van der Waals surface area (Å²) in [5, 5.41) is 20.3. The summed E-state index contributed by atoms with van der Waals surface area (Å²) in [6, 6.07) is 5.40. The first kappa shape index (κ1) is 20.9. The first-order valence-electron chi connectivity index (χ1n) is 8.91. The van der Waals surface area contributed by atoms with Gasteiger partial charge in [-0.05, 0) is 60.1 Å². The highest BCUT2D eigenvalue weighted by atomic mass is 32.2. The molecule has 0 aliphatic carbocycles. The van der Waals surface area contributed by atoms with Gasteiger partial charge in [-0.1, -0.05) is 27.7 Å². The quantitative estimate of drug-likeness (QED) is 0.440. The van der Waals surface area contributed by atoms with Gasteiger partial charge in [0, 0.05) is 0 Å². The van der Waals surface area contributed by atoms with Crippen LogP contribution in [0, 0.1) is 11.8 Å². The molecule has 148 valence electrons. The minimum absolute atomic E-state index is 0.00552. The molecule has 0 heterocycles. The van der Waals surface area contributed by atoms with Gasteiger partial charge in [-0.3, -0.25) is 0 Å². The molecule has 2 aromatic rings. The van der Waals surface area contributed by atoms with E-state index in [1.165, 1.54) is 24.3 Å². The standard InChI is InChI=1S/C20H28N2O4S/c1-11(2)5-13-7-15(9-17(21)19(13)23)27(25,26)16-8-14(6-12(3)4)20(24)18(22)10-16/h7-12,23-24H,5-6,21-22H2,1-4H3. The number of anilines is 2. The Bertz CT molecular complexity index is 879. The fourth-order valence-electron chi connectivity index (χ4n) is 3.01. The largest absolute Gasteiger partial charge is 0.506 e. The maximum absolute atomic E-state index is 13.2. The summed E-state index contributed by atoms with van der Waals surface area (Å²) in [4.78, 5) is -0.0110. The molecular weight excluding hydrogens is 364 g/mol. The first-order valence-corrected chi connectivity index (χ1v) is 10.4. The number of sulfone groups is 1. The molecule has 7 heteroatoms. The smallest absolute Gasteiger partial charge is 0.206 e. The van der Waals surface area contributed by atoms with Crippen molar-refractivity contribution in [1.82, 2.24) is 0 Å². The fraction of sp³-hybridized carbons (Fsp3) is 0.400. The van der Waals surface area contributed by atoms with Gasteiger partial charge < -0.3 is 21.7 Å². The molecule has 0 saturated heterocycles. The number of hydrogen-bond acceptors (Lipinski definition) is 6. The van der Waals surface area contributed by atoms with Crippen molar-refractivity contribution in [3.05, 3.63) is 35.4 Å². The molecule has 2 rings (SSSR count). The maximum Gasteiger partial charge on any atom is 0.206 e. The van der Waals surface area contributed by atoms with Crippen LogP contribution in [0.15, 0.2) is 34.1 Å². The van der Waals surface area contributed by atoms with E-state index in [0.29, 0.717) is 24.0 Å². The van der Waals surface area contributed by atoms with E-state index in [1.807, 2.05) is 27.7 Å². The molecule has 0 spiro atoms. The molecule has 0 unspecified atom stereocenters. The van der Waals surface area contributed by atoms with Crippen LogP contribution in [0.3, 0.4) is 0 Å². The molecule has 0 radical (unpaired) electrons. The van der Waals surface area contributed by atoms with Crippen molar-refractivity contribution in [2.45, 2.75) is 50.3 Å². The maximum atomic E-state index is 13.2. The average molecular weight is 393 g/mol. The van der Waals surface area contributed by atoms with Crippen LogP contribution in [-0.2, 0) is 22.7 Å². The number of hydrogen-bond donors (Lipinski definition) is 4. The summed E-state index contributed by atoms with van der Waals surface area (Å²) in [7, 11) is -3.92. The molecule has 6 N–H and O–H groups in total. The van der Waals surface area contributed by atoms with Crippen LogP contribution >= 0.6 is 0 Å². The summed E-state index contributed by atoms with van der Waals surface area (Å²) < 4.78 is 26.3. The number of phenols is 2. The van der Waals surface area contributed by atoms with Crippen LogP contribution in [0.4, 0.5) is 11.4 Å². The lowest BCUT2D eigenvalue weighted by atomic mass is 10.0. The molecule has 0 saturated carbocycles. The zero-order chi connectivity index (χ0) is 20.5. The molecule has 0 atom stereocenters. The molecule has 0 aromatic heterocycles. The summed E-state index contributed by atoms with van der Waals surface area (Å²) in [5.41, 5.74) is 12.7. The predicted molar refractivity (Wildman–Crippen MR) is 108 cm³/mol. The number of benzene rings is 2. The number of nitrogen functional groups attached to an aromatic ring is 2. The van der Waals surface area contributed by atoms with Gasteiger partial charge in [-0.25, -0.2) is 8.42 Å². The SMILES string of the molecule is CC(C)Cc1cc(S(=O)(=O)c2cc(N)c(O)c(CC(C)C)c2)cc(N)c1O. The first-order chi connectivity index (χ1) is 12.4. The van der Waals surface area contributed by atoms with Gasteiger partial charge in [0.2, 0.25) is 9.84 Å². The summed E-state index contributed by atoms with van der Waals surface area (Å²) >= 11 is 0. The van der Waals surface area contributed by atoms with Crippen LogP contribution in [-0.4, -0.2) is 18.6 Å².